The van der Waals surface area contributed by atoms with E-state index in [9.17, 15) is 4.79 Å². The van der Waals surface area contributed by atoms with E-state index >= 15 is 0 Å². The Hall–Kier alpha value is -0.680. The molecule has 2 aromatic heterocycles. The average molecular weight is 324 g/mol. The van der Waals surface area contributed by atoms with Crippen molar-refractivity contribution in [2.75, 3.05) is 6.54 Å². The number of halogens is 3. The van der Waals surface area contributed by atoms with E-state index in [-0.39, 0.29) is 11.1 Å². The maximum Gasteiger partial charge on any atom is 0.267 e. The third-order valence-electron chi connectivity index (χ3n) is 2.26. The van der Waals surface area contributed by atoms with Crippen LogP contribution in [0.2, 0.25) is 14.5 Å². The number of nitrogens with one attached hydrogen (secondary N) is 2. The lowest BCUT2D eigenvalue weighted by atomic mass is 10.3. The second kappa shape index (κ2) is 5.97. The zero-order valence-electron chi connectivity index (χ0n) is 9.10. The van der Waals surface area contributed by atoms with Gasteiger partial charge in [-0.25, -0.2) is 0 Å². The van der Waals surface area contributed by atoms with E-state index < -0.39 is 0 Å². The van der Waals surface area contributed by atoms with Gasteiger partial charge in [-0.05, 0) is 24.6 Å². The largest absolute Gasteiger partial charge is 0.350 e. The number of aromatic amines is 1. The molecule has 1 amide bonds. The van der Waals surface area contributed by atoms with Crippen LogP contribution in [-0.2, 0) is 6.42 Å². The van der Waals surface area contributed by atoms with Gasteiger partial charge in [-0.3, -0.25) is 4.79 Å². The van der Waals surface area contributed by atoms with Gasteiger partial charge in [0.2, 0.25) is 0 Å². The molecule has 0 unspecified atom stereocenters. The molecule has 0 aliphatic carbocycles. The quantitative estimate of drug-likeness (QED) is 0.877. The number of hydrogen-bond acceptors (Lipinski definition) is 2. The summed E-state index contributed by atoms with van der Waals surface area (Å²) in [5.74, 6) is -0.230. The predicted molar refractivity (Wildman–Crippen MR) is 76.2 cm³/mol. The summed E-state index contributed by atoms with van der Waals surface area (Å²) in [7, 11) is 0. The van der Waals surface area contributed by atoms with Gasteiger partial charge in [0.1, 0.15) is 10.8 Å². The minimum atomic E-state index is -0.230. The van der Waals surface area contributed by atoms with E-state index in [1.807, 2.05) is 12.1 Å². The number of aromatic nitrogens is 1. The zero-order valence-corrected chi connectivity index (χ0v) is 12.2. The molecule has 7 heteroatoms. The van der Waals surface area contributed by atoms with Crippen molar-refractivity contribution < 1.29 is 4.79 Å². The molecule has 2 aromatic rings. The van der Waals surface area contributed by atoms with Crippen LogP contribution in [-0.4, -0.2) is 17.4 Å². The highest BCUT2D eigenvalue weighted by molar-refractivity contribution is 7.16. The van der Waals surface area contributed by atoms with Crippen molar-refractivity contribution in [3.63, 3.8) is 0 Å². The summed E-state index contributed by atoms with van der Waals surface area (Å²) in [6.07, 6.45) is 0.741. The SMILES string of the molecule is O=C(NCCc1ccc(Cl)s1)c1cc(Cl)c(Cl)[nH]1. The van der Waals surface area contributed by atoms with Crippen LogP contribution in [0.1, 0.15) is 15.4 Å². The molecular formula is C11H9Cl3N2OS. The Labute approximate surface area is 123 Å². The number of amides is 1. The van der Waals surface area contributed by atoms with Gasteiger partial charge in [-0.2, -0.15) is 0 Å². The van der Waals surface area contributed by atoms with Gasteiger partial charge in [-0.1, -0.05) is 34.8 Å². The second-order valence-corrected chi connectivity index (χ2v) is 6.14. The van der Waals surface area contributed by atoms with E-state index in [2.05, 4.69) is 10.3 Å². The first-order chi connectivity index (χ1) is 8.56. The number of carbonyl (C=O) groups excluding carboxylic acids is 1. The zero-order chi connectivity index (χ0) is 13.1. The third-order valence-corrected chi connectivity index (χ3v) is 4.24. The van der Waals surface area contributed by atoms with Crippen molar-refractivity contribution in [3.8, 4) is 0 Å². The number of hydrogen-bond donors (Lipinski definition) is 2. The van der Waals surface area contributed by atoms with Crippen molar-refractivity contribution >= 4 is 52.0 Å². The van der Waals surface area contributed by atoms with Crippen LogP contribution >= 0.6 is 46.1 Å². The molecule has 3 nitrogen and oxygen atoms in total. The molecule has 0 aliphatic rings. The van der Waals surface area contributed by atoms with Crippen LogP contribution in [0, 0.1) is 0 Å². The van der Waals surface area contributed by atoms with Crippen LogP contribution in [0.5, 0.6) is 0 Å². The van der Waals surface area contributed by atoms with Gasteiger partial charge >= 0.3 is 0 Å². The number of carbonyl (C=O) groups is 1. The highest BCUT2D eigenvalue weighted by Gasteiger charge is 2.11. The minimum absolute atomic E-state index is 0.230. The molecule has 96 valence electrons. The molecule has 0 bridgehead atoms. The first kappa shape index (κ1) is 13.7. The number of thiophene rings is 1. The lowest BCUT2D eigenvalue weighted by molar-refractivity contribution is 0.0950. The molecule has 0 saturated heterocycles. The molecule has 0 radical (unpaired) electrons. The van der Waals surface area contributed by atoms with Crippen LogP contribution in [0.15, 0.2) is 18.2 Å². The normalized spacial score (nSPS) is 10.6. The topological polar surface area (TPSA) is 44.9 Å². The molecule has 0 saturated carbocycles. The van der Waals surface area contributed by atoms with Crippen molar-refractivity contribution in [2.24, 2.45) is 0 Å². The smallest absolute Gasteiger partial charge is 0.267 e. The van der Waals surface area contributed by atoms with Crippen LogP contribution in [0.4, 0.5) is 0 Å². The first-order valence-electron chi connectivity index (χ1n) is 5.12. The Balaban J connectivity index is 1.85. The van der Waals surface area contributed by atoms with Crippen molar-refractivity contribution in [2.45, 2.75) is 6.42 Å². The summed E-state index contributed by atoms with van der Waals surface area (Å²) in [4.78, 5) is 15.6. The first-order valence-corrected chi connectivity index (χ1v) is 7.07. The van der Waals surface area contributed by atoms with Gasteiger partial charge in [-0.15, -0.1) is 11.3 Å². The molecule has 0 aliphatic heterocycles. The van der Waals surface area contributed by atoms with E-state index in [0.29, 0.717) is 17.3 Å². The van der Waals surface area contributed by atoms with Gasteiger partial charge in [0.15, 0.2) is 0 Å². The summed E-state index contributed by atoms with van der Waals surface area (Å²) in [6.45, 7) is 0.532. The molecule has 18 heavy (non-hydrogen) atoms. The van der Waals surface area contributed by atoms with Crippen molar-refractivity contribution in [1.82, 2.24) is 10.3 Å². The summed E-state index contributed by atoms with van der Waals surface area (Å²) < 4.78 is 0.749. The Kier molecular flexibility index (Phi) is 4.56. The lowest BCUT2D eigenvalue weighted by Gasteiger charge is -2.01. The standard InChI is InChI=1S/C11H9Cl3N2OS/c12-7-5-8(16-10(7)14)11(17)15-4-3-6-1-2-9(13)18-6/h1-2,5,16H,3-4H2,(H,15,17). The fourth-order valence-corrected chi connectivity index (χ4v) is 2.81. The third kappa shape index (κ3) is 3.42. The molecule has 0 fully saturated rings. The fraction of sp³-hybridized carbons (Fsp3) is 0.182. The van der Waals surface area contributed by atoms with E-state index in [1.54, 1.807) is 0 Å². The van der Waals surface area contributed by atoms with E-state index in [1.165, 1.54) is 17.4 Å². The fourth-order valence-electron chi connectivity index (χ4n) is 1.41. The Morgan fingerprint density at radius 2 is 2.11 bits per heavy atom. The Morgan fingerprint density at radius 3 is 2.67 bits per heavy atom. The van der Waals surface area contributed by atoms with E-state index in [4.69, 9.17) is 34.8 Å². The summed E-state index contributed by atoms with van der Waals surface area (Å²) in [5.41, 5.74) is 0.356. The second-order valence-electron chi connectivity index (χ2n) is 3.56. The predicted octanol–water partition coefficient (Wildman–Crippen LogP) is 4.01. The highest BCUT2D eigenvalue weighted by Crippen LogP contribution is 2.22. The van der Waals surface area contributed by atoms with Crippen LogP contribution in [0.25, 0.3) is 0 Å². The Morgan fingerprint density at radius 1 is 1.33 bits per heavy atom. The Bertz CT molecular complexity index is 545. The lowest BCUT2D eigenvalue weighted by Crippen LogP contribution is -2.25. The average Bonchev–Trinajstić information content (AvgIpc) is 2.87. The van der Waals surface area contributed by atoms with Crippen molar-refractivity contribution in [3.05, 3.63) is 43.3 Å². The number of H-pyrrole nitrogens is 1. The molecule has 0 aromatic carbocycles. The van der Waals surface area contributed by atoms with E-state index in [0.717, 1.165) is 15.6 Å². The summed E-state index contributed by atoms with van der Waals surface area (Å²) in [6, 6.07) is 5.29. The molecule has 2 N–H and O–H groups in total. The van der Waals surface area contributed by atoms with Gasteiger partial charge < -0.3 is 10.3 Å². The van der Waals surface area contributed by atoms with Crippen LogP contribution in [0.3, 0.4) is 0 Å². The maximum absolute atomic E-state index is 11.7. The molecular weight excluding hydrogens is 315 g/mol. The van der Waals surface area contributed by atoms with Gasteiger partial charge in [0, 0.05) is 11.4 Å². The number of rotatable bonds is 4. The van der Waals surface area contributed by atoms with Crippen molar-refractivity contribution in [1.29, 1.82) is 0 Å². The maximum atomic E-state index is 11.7. The summed E-state index contributed by atoms with van der Waals surface area (Å²) >= 11 is 18.8. The van der Waals surface area contributed by atoms with Gasteiger partial charge in [0.25, 0.3) is 5.91 Å². The minimum Gasteiger partial charge on any atom is -0.350 e. The molecule has 0 atom stereocenters. The summed E-state index contributed by atoms with van der Waals surface area (Å²) in [5, 5.41) is 3.38. The molecule has 2 heterocycles. The van der Waals surface area contributed by atoms with Gasteiger partial charge in [0.05, 0.1) is 9.36 Å². The molecule has 2 rings (SSSR count). The molecule has 0 spiro atoms. The van der Waals surface area contributed by atoms with Crippen LogP contribution < -0.4 is 5.32 Å². The highest BCUT2D eigenvalue weighted by atomic mass is 35.5. The monoisotopic (exact) mass is 322 g/mol.